The lowest BCUT2D eigenvalue weighted by molar-refractivity contribution is -0.119. The van der Waals surface area contributed by atoms with E-state index < -0.39 is 0 Å². The van der Waals surface area contributed by atoms with Crippen LogP contribution in [0, 0.1) is 25.7 Å². The SMILES string of the molecule is Cc1cc(-c2cc3ncccc3c(Cl)n2)ccc1N(C)C.Cc1cc(-c2cc3ncccc3c(OCC3CNC(=O)C3)n2)ccc1N(C)C.O=C1CCC(CO)C1. The number of fused-ring (bicyclic) bond motifs is 2. The van der Waals surface area contributed by atoms with Crippen LogP contribution in [0.4, 0.5) is 11.4 Å². The summed E-state index contributed by atoms with van der Waals surface area (Å²) in [6.07, 6.45) is 6.23. The van der Waals surface area contributed by atoms with Crippen LogP contribution in [0.15, 0.2) is 85.2 Å². The van der Waals surface area contributed by atoms with Gasteiger partial charge in [0.15, 0.2) is 0 Å². The maximum absolute atomic E-state index is 11.4. The lowest BCUT2D eigenvalue weighted by Gasteiger charge is -2.17. The number of aliphatic hydroxyl groups is 1. The van der Waals surface area contributed by atoms with Gasteiger partial charge in [-0.1, -0.05) is 23.7 Å². The Bertz CT molecular complexity index is 2380. The molecule has 2 fully saturated rings. The van der Waals surface area contributed by atoms with E-state index in [1.807, 2.05) is 64.6 Å². The van der Waals surface area contributed by atoms with Gasteiger partial charge in [-0.25, -0.2) is 9.97 Å². The summed E-state index contributed by atoms with van der Waals surface area (Å²) in [5.74, 6) is 1.41. The van der Waals surface area contributed by atoms with Crippen LogP contribution < -0.4 is 19.9 Å². The minimum atomic E-state index is 0.0818. The van der Waals surface area contributed by atoms with Crippen LogP contribution in [0.2, 0.25) is 5.15 Å². The monoisotopic (exact) mass is 787 g/mol. The summed E-state index contributed by atoms with van der Waals surface area (Å²) in [5.41, 5.74) is 10.2. The second kappa shape index (κ2) is 18.5. The number of benzene rings is 2. The first-order valence-corrected chi connectivity index (χ1v) is 19.5. The molecule has 1 aliphatic heterocycles. The summed E-state index contributed by atoms with van der Waals surface area (Å²) < 4.78 is 6.05. The summed E-state index contributed by atoms with van der Waals surface area (Å²) >= 11 is 6.27. The number of pyridine rings is 4. The van der Waals surface area contributed by atoms with Crippen molar-refractivity contribution in [2.45, 2.75) is 39.5 Å². The zero-order chi connectivity index (χ0) is 40.6. The van der Waals surface area contributed by atoms with Gasteiger partial charge in [-0.05, 0) is 98.0 Å². The van der Waals surface area contributed by atoms with Crippen molar-refractivity contribution in [2.24, 2.45) is 11.8 Å². The number of Topliss-reactive ketones (excluding diaryl/α,β-unsaturated/α-hetero) is 1. The molecule has 4 aromatic heterocycles. The first-order chi connectivity index (χ1) is 27.4. The highest BCUT2D eigenvalue weighted by atomic mass is 35.5. The van der Waals surface area contributed by atoms with Crippen molar-refractivity contribution in [1.82, 2.24) is 25.3 Å². The van der Waals surface area contributed by atoms with Crippen LogP contribution in [0.3, 0.4) is 0 Å². The number of hydrogen-bond acceptors (Lipinski definition) is 10. The van der Waals surface area contributed by atoms with Crippen LogP contribution in [-0.2, 0) is 9.59 Å². The van der Waals surface area contributed by atoms with Crippen molar-refractivity contribution >= 4 is 56.5 Å². The van der Waals surface area contributed by atoms with Gasteiger partial charge in [-0.2, -0.15) is 0 Å². The summed E-state index contributed by atoms with van der Waals surface area (Å²) in [7, 11) is 8.15. The van der Waals surface area contributed by atoms with Gasteiger partial charge in [0.1, 0.15) is 10.9 Å². The fourth-order valence-electron chi connectivity index (χ4n) is 7.14. The Morgan fingerprint density at radius 1 is 0.772 bits per heavy atom. The van der Waals surface area contributed by atoms with E-state index in [-0.39, 0.29) is 24.3 Å². The number of carbonyl (C=O) groups is 2. The third-order valence-corrected chi connectivity index (χ3v) is 10.5. The number of rotatable bonds is 8. The number of aliphatic hydroxyl groups excluding tert-OH is 1. The number of halogens is 1. The highest BCUT2D eigenvalue weighted by Gasteiger charge is 2.23. The molecule has 1 amide bonds. The first kappa shape index (κ1) is 41.0. The fourth-order valence-corrected chi connectivity index (χ4v) is 7.40. The van der Waals surface area contributed by atoms with Crippen molar-refractivity contribution in [3.8, 4) is 28.4 Å². The molecule has 57 heavy (non-hydrogen) atoms. The number of amides is 1. The number of ether oxygens (including phenoxy) is 1. The number of ketones is 1. The molecule has 2 aromatic carbocycles. The lowest BCUT2D eigenvalue weighted by Crippen LogP contribution is -2.17. The maximum atomic E-state index is 11.4. The molecule has 0 radical (unpaired) electrons. The Morgan fingerprint density at radius 3 is 1.84 bits per heavy atom. The van der Waals surface area contributed by atoms with Gasteiger partial charge < -0.3 is 25.0 Å². The Morgan fingerprint density at radius 2 is 1.35 bits per heavy atom. The van der Waals surface area contributed by atoms with Gasteiger partial charge in [-0.15, -0.1) is 0 Å². The molecule has 2 unspecified atom stereocenters. The second-order valence-corrected chi connectivity index (χ2v) is 15.4. The smallest absolute Gasteiger partial charge is 0.223 e. The minimum Gasteiger partial charge on any atom is -0.477 e. The number of nitrogens with zero attached hydrogens (tertiary/aromatic N) is 6. The van der Waals surface area contributed by atoms with Crippen LogP contribution >= 0.6 is 11.6 Å². The number of aryl methyl sites for hydroxylation is 2. The molecule has 2 atom stereocenters. The molecule has 1 saturated carbocycles. The molecule has 1 saturated heterocycles. The van der Waals surface area contributed by atoms with Crippen LogP contribution in [-0.4, -0.2) is 84.7 Å². The molecule has 0 spiro atoms. The Labute approximate surface area is 339 Å². The molecule has 11 nitrogen and oxygen atoms in total. The predicted octanol–water partition coefficient (Wildman–Crippen LogP) is 7.86. The van der Waals surface area contributed by atoms with Crippen molar-refractivity contribution in [1.29, 1.82) is 0 Å². The fraction of sp³-hybridized carbons (Fsp3) is 0.333. The lowest BCUT2D eigenvalue weighted by atomic mass is 10.1. The summed E-state index contributed by atoms with van der Waals surface area (Å²) in [5, 5.41) is 13.6. The topological polar surface area (TPSA) is 134 Å². The van der Waals surface area contributed by atoms with E-state index in [1.54, 1.807) is 12.4 Å². The number of aromatic nitrogens is 4. The van der Waals surface area contributed by atoms with E-state index in [9.17, 15) is 9.59 Å². The van der Waals surface area contributed by atoms with Crippen molar-refractivity contribution in [2.75, 3.05) is 57.7 Å². The van der Waals surface area contributed by atoms with E-state index in [0.29, 0.717) is 49.2 Å². The van der Waals surface area contributed by atoms with Gasteiger partial charge in [0.25, 0.3) is 0 Å². The standard InChI is InChI=1S/C22H24N4O2.C17H16ClN3.C6H10O2/c1-14-9-16(6-7-20(14)26(2)3)18-11-19-17(5-4-8-23-19)22(25-18)28-13-15-10-21(27)24-12-15;1-11-9-12(6-7-16(11)21(2)3)14-10-15-13(17(18)20-14)5-4-8-19-15;7-4-5-1-2-6(8)3-5/h4-9,11,15H,10,12-13H2,1-3H3,(H,24,27);4-10H,1-3H3;5,7H,1-4H2. The summed E-state index contributed by atoms with van der Waals surface area (Å²) in [6, 6.07) is 24.2. The highest BCUT2D eigenvalue weighted by molar-refractivity contribution is 6.34. The van der Waals surface area contributed by atoms with E-state index >= 15 is 0 Å². The first-order valence-electron chi connectivity index (χ1n) is 19.2. The molecule has 2 aliphatic rings. The van der Waals surface area contributed by atoms with Crippen LogP contribution in [0.25, 0.3) is 44.3 Å². The molecule has 6 aromatic rings. The predicted molar refractivity (Wildman–Crippen MR) is 229 cm³/mol. The van der Waals surface area contributed by atoms with Gasteiger partial charge in [0.2, 0.25) is 11.8 Å². The molecule has 2 N–H and O–H groups in total. The summed E-state index contributed by atoms with van der Waals surface area (Å²) in [6.45, 7) is 5.49. The highest BCUT2D eigenvalue weighted by Crippen LogP contribution is 2.32. The normalized spacial score (nSPS) is 16.1. The average Bonchev–Trinajstić information content (AvgIpc) is 3.83. The van der Waals surface area contributed by atoms with E-state index in [0.717, 1.165) is 50.7 Å². The second-order valence-electron chi connectivity index (χ2n) is 15.1. The third-order valence-electron chi connectivity index (χ3n) is 10.2. The van der Waals surface area contributed by atoms with E-state index in [1.165, 1.54) is 22.5 Å². The average molecular weight is 788 g/mol. The summed E-state index contributed by atoms with van der Waals surface area (Å²) in [4.78, 5) is 44.3. The van der Waals surface area contributed by atoms with E-state index in [2.05, 4.69) is 80.3 Å². The van der Waals surface area contributed by atoms with Gasteiger partial charge in [-0.3, -0.25) is 19.6 Å². The quantitative estimate of drug-likeness (QED) is 0.147. The Hall–Kier alpha value is -5.65. The Balaban J connectivity index is 0.000000166. The Kier molecular flexibility index (Phi) is 13.3. The van der Waals surface area contributed by atoms with E-state index in [4.69, 9.17) is 26.4 Å². The van der Waals surface area contributed by atoms with Gasteiger partial charge in [0, 0.05) is 107 Å². The van der Waals surface area contributed by atoms with Gasteiger partial charge in [0.05, 0.1) is 34.4 Å². The number of anilines is 2. The minimum absolute atomic E-state index is 0.0818. The largest absolute Gasteiger partial charge is 0.477 e. The zero-order valence-electron chi connectivity index (χ0n) is 33.4. The van der Waals surface area contributed by atoms with Crippen molar-refractivity contribution in [3.63, 3.8) is 0 Å². The van der Waals surface area contributed by atoms with Crippen molar-refractivity contribution in [3.05, 3.63) is 101 Å². The maximum Gasteiger partial charge on any atom is 0.223 e. The molecule has 8 rings (SSSR count). The van der Waals surface area contributed by atoms with Crippen LogP contribution in [0.1, 0.15) is 36.8 Å². The zero-order valence-corrected chi connectivity index (χ0v) is 34.2. The van der Waals surface area contributed by atoms with Crippen LogP contribution in [0.5, 0.6) is 5.88 Å². The molecular formula is C45H50ClN7O4. The van der Waals surface area contributed by atoms with Gasteiger partial charge >= 0.3 is 0 Å². The van der Waals surface area contributed by atoms with Crippen molar-refractivity contribution < 1.29 is 19.4 Å². The molecular weight excluding hydrogens is 738 g/mol. The molecule has 1 aliphatic carbocycles. The number of nitrogens with one attached hydrogen (secondary N) is 1. The molecule has 5 heterocycles. The molecule has 296 valence electrons. The third kappa shape index (κ3) is 10.2. The number of carbonyl (C=O) groups excluding carboxylic acids is 2. The molecule has 12 heteroatoms. The number of hydrogen-bond donors (Lipinski definition) is 2. The molecule has 0 bridgehead atoms.